The molecule has 0 spiro atoms. The van der Waals surface area contributed by atoms with Gasteiger partial charge in [-0.3, -0.25) is 0 Å². The number of hydrogen-bond acceptors (Lipinski definition) is 2. The van der Waals surface area contributed by atoms with Crippen molar-refractivity contribution in [1.82, 2.24) is 9.97 Å². The van der Waals surface area contributed by atoms with Gasteiger partial charge in [-0.2, -0.15) is 13.2 Å². The summed E-state index contributed by atoms with van der Waals surface area (Å²) in [5.41, 5.74) is 0.745. The summed E-state index contributed by atoms with van der Waals surface area (Å²) >= 11 is 5.49. The Morgan fingerprint density at radius 3 is 2.68 bits per heavy atom. The van der Waals surface area contributed by atoms with Crippen molar-refractivity contribution in [2.45, 2.75) is 6.18 Å². The van der Waals surface area contributed by atoms with Gasteiger partial charge < -0.3 is 9.88 Å². The number of fused-ring (bicyclic) bond motifs is 1. The van der Waals surface area contributed by atoms with Gasteiger partial charge in [0, 0.05) is 12.4 Å². The Morgan fingerprint density at radius 1 is 1.32 bits per heavy atom. The lowest BCUT2D eigenvalue weighted by Crippen LogP contribution is -2.36. The molecule has 0 aliphatic heterocycles. The van der Waals surface area contributed by atoms with E-state index in [1.54, 1.807) is 0 Å². The van der Waals surface area contributed by atoms with E-state index in [0.717, 1.165) is 4.90 Å². The van der Waals surface area contributed by atoms with Crippen LogP contribution in [0.1, 0.15) is 0 Å². The average Bonchev–Trinajstić information content (AvgIpc) is 2.69. The first-order valence-electron chi connectivity index (χ1n) is 5.42. The maximum absolute atomic E-state index is 13.0. The molecule has 19 heavy (non-hydrogen) atoms. The summed E-state index contributed by atoms with van der Waals surface area (Å²) in [6.45, 7) is -1.18. The fraction of sp³-hybridized carbons (Fsp3) is 0.364. The summed E-state index contributed by atoms with van der Waals surface area (Å²) in [5.74, 6) is -0.428. The van der Waals surface area contributed by atoms with Gasteiger partial charge in [0.05, 0.1) is 11.0 Å². The summed E-state index contributed by atoms with van der Waals surface area (Å²) in [7, 11) is 0. The summed E-state index contributed by atoms with van der Waals surface area (Å²) in [6, 6.07) is 3.78. The molecule has 1 N–H and O–H groups in total. The zero-order chi connectivity index (χ0) is 14.0. The summed E-state index contributed by atoms with van der Waals surface area (Å²) < 4.78 is 50.3. The minimum Gasteiger partial charge on any atom is -0.332 e. The van der Waals surface area contributed by atoms with E-state index >= 15 is 0 Å². The molecule has 1 heterocycles. The molecular formula is C11H10ClF4N3. The SMILES string of the molecule is Fc1ccc2nc(N(CCCl)CC(F)(F)F)[nH]c2c1. The monoisotopic (exact) mass is 295 g/mol. The van der Waals surface area contributed by atoms with Crippen molar-refractivity contribution < 1.29 is 17.6 Å². The molecule has 8 heteroatoms. The maximum atomic E-state index is 13.0. The minimum atomic E-state index is -4.36. The highest BCUT2D eigenvalue weighted by Gasteiger charge is 2.31. The lowest BCUT2D eigenvalue weighted by atomic mass is 10.3. The second-order valence-corrected chi connectivity index (χ2v) is 4.33. The average molecular weight is 296 g/mol. The molecule has 0 radical (unpaired) electrons. The van der Waals surface area contributed by atoms with Crippen molar-refractivity contribution >= 4 is 28.6 Å². The Kier molecular flexibility index (Phi) is 3.84. The zero-order valence-corrected chi connectivity index (χ0v) is 10.4. The molecule has 2 rings (SSSR count). The minimum absolute atomic E-state index is 0.0105. The van der Waals surface area contributed by atoms with Gasteiger partial charge in [-0.15, -0.1) is 11.6 Å². The summed E-state index contributed by atoms with van der Waals surface area (Å²) in [6.07, 6.45) is -4.36. The smallest absolute Gasteiger partial charge is 0.332 e. The number of aromatic amines is 1. The quantitative estimate of drug-likeness (QED) is 0.693. The number of imidazole rings is 1. The molecular weight excluding hydrogens is 286 g/mol. The molecule has 1 aromatic heterocycles. The van der Waals surface area contributed by atoms with Gasteiger partial charge >= 0.3 is 6.18 Å². The Balaban J connectivity index is 2.33. The van der Waals surface area contributed by atoms with E-state index in [4.69, 9.17) is 11.6 Å². The molecule has 0 aliphatic rings. The van der Waals surface area contributed by atoms with E-state index in [0.29, 0.717) is 11.0 Å². The number of benzene rings is 1. The number of rotatable bonds is 4. The van der Waals surface area contributed by atoms with Gasteiger partial charge in [0.15, 0.2) is 0 Å². The van der Waals surface area contributed by atoms with Crippen molar-refractivity contribution in [3.63, 3.8) is 0 Å². The Labute approximate surface area is 111 Å². The number of anilines is 1. The predicted octanol–water partition coefficient (Wildman–Crippen LogP) is 3.31. The number of halogens is 5. The molecule has 0 aliphatic carbocycles. The van der Waals surface area contributed by atoms with Crippen LogP contribution < -0.4 is 4.90 Å². The van der Waals surface area contributed by atoms with Crippen LogP contribution in [0.2, 0.25) is 0 Å². The second kappa shape index (κ2) is 5.24. The standard InChI is InChI=1S/C11H10ClF4N3/c12-3-4-19(6-11(14,15)16)10-17-8-2-1-7(13)5-9(8)18-10/h1-2,5H,3-4,6H2,(H,17,18). The first kappa shape index (κ1) is 13.9. The molecule has 104 valence electrons. The zero-order valence-electron chi connectivity index (χ0n) is 9.64. The van der Waals surface area contributed by atoms with Crippen molar-refractivity contribution in [3.8, 4) is 0 Å². The first-order chi connectivity index (χ1) is 8.89. The van der Waals surface area contributed by atoms with Gasteiger partial charge in [0.25, 0.3) is 0 Å². The van der Waals surface area contributed by atoms with Crippen LogP contribution in [0.15, 0.2) is 18.2 Å². The predicted molar refractivity (Wildman–Crippen MR) is 65.0 cm³/mol. The molecule has 0 unspecified atom stereocenters. The Morgan fingerprint density at radius 2 is 2.05 bits per heavy atom. The van der Waals surface area contributed by atoms with Crippen LogP contribution in [-0.2, 0) is 0 Å². The molecule has 2 aromatic rings. The van der Waals surface area contributed by atoms with Crippen molar-refractivity contribution in [2.75, 3.05) is 23.9 Å². The number of H-pyrrole nitrogens is 1. The molecule has 0 amide bonds. The number of alkyl halides is 4. The highest BCUT2D eigenvalue weighted by molar-refractivity contribution is 6.18. The largest absolute Gasteiger partial charge is 0.406 e. The summed E-state index contributed by atoms with van der Waals surface area (Å²) in [4.78, 5) is 7.64. The van der Waals surface area contributed by atoms with Gasteiger partial charge in [-0.1, -0.05) is 0 Å². The second-order valence-electron chi connectivity index (χ2n) is 3.95. The number of nitrogens with zero attached hydrogens (tertiary/aromatic N) is 2. The van der Waals surface area contributed by atoms with E-state index < -0.39 is 18.5 Å². The van der Waals surface area contributed by atoms with Crippen LogP contribution in [0.4, 0.5) is 23.5 Å². The maximum Gasteiger partial charge on any atom is 0.406 e. The Hall–Kier alpha value is -1.50. The van der Waals surface area contributed by atoms with E-state index in [1.807, 2.05) is 0 Å². The van der Waals surface area contributed by atoms with Crippen LogP contribution in [-0.4, -0.2) is 35.1 Å². The third kappa shape index (κ3) is 3.50. The van der Waals surface area contributed by atoms with Crippen molar-refractivity contribution in [1.29, 1.82) is 0 Å². The molecule has 0 saturated heterocycles. The van der Waals surface area contributed by atoms with Crippen LogP contribution >= 0.6 is 11.6 Å². The van der Waals surface area contributed by atoms with Gasteiger partial charge in [-0.05, 0) is 18.2 Å². The van der Waals surface area contributed by atoms with E-state index in [-0.39, 0.29) is 18.4 Å². The van der Waals surface area contributed by atoms with Crippen LogP contribution in [0.5, 0.6) is 0 Å². The lowest BCUT2D eigenvalue weighted by molar-refractivity contribution is -0.119. The molecule has 0 saturated carbocycles. The van der Waals surface area contributed by atoms with Crippen molar-refractivity contribution in [3.05, 3.63) is 24.0 Å². The lowest BCUT2D eigenvalue weighted by Gasteiger charge is -2.21. The number of nitrogens with one attached hydrogen (secondary N) is 1. The molecule has 1 aromatic carbocycles. The van der Waals surface area contributed by atoms with E-state index in [2.05, 4.69) is 9.97 Å². The Bertz CT molecular complexity index is 567. The normalized spacial score (nSPS) is 12.1. The van der Waals surface area contributed by atoms with Gasteiger partial charge in [-0.25, -0.2) is 9.37 Å². The third-order valence-electron chi connectivity index (χ3n) is 2.46. The van der Waals surface area contributed by atoms with Gasteiger partial charge in [0.1, 0.15) is 12.4 Å². The van der Waals surface area contributed by atoms with Crippen LogP contribution in [0.3, 0.4) is 0 Å². The summed E-state index contributed by atoms with van der Waals surface area (Å²) in [5, 5.41) is 0. The molecule has 0 atom stereocenters. The highest BCUT2D eigenvalue weighted by Crippen LogP contribution is 2.23. The first-order valence-corrected chi connectivity index (χ1v) is 5.95. The van der Waals surface area contributed by atoms with Crippen LogP contribution in [0, 0.1) is 5.82 Å². The van der Waals surface area contributed by atoms with E-state index in [9.17, 15) is 17.6 Å². The molecule has 0 bridgehead atoms. The molecule has 0 fully saturated rings. The third-order valence-corrected chi connectivity index (χ3v) is 2.62. The van der Waals surface area contributed by atoms with E-state index in [1.165, 1.54) is 18.2 Å². The van der Waals surface area contributed by atoms with Crippen LogP contribution in [0.25, 0.3) is 11.0 Å². The fourth-order valence-electron chi connectivity index (χ4n) is 1.70. The van der Waals surface area contributed by atoms with Crippen molar-refractivity contribution in [2.24, 2.45) is 0 Å². The topological polar surface area (TPSA) is 31.9 Å². The number of hydrogen-bond donors (Lipinski definition) is 1. The fourth-order valence-corrected chi connectivity index (χ4v) is 1.90. The van der Waals surface area contributed by atoms with Gasteiger partial charge in [0.2, 0.25) is 5.95 Å². The molecule has 3 nitrogen and oxygen atoms in total. The highest BCUT2D eigenvalue weighted by atomic mass is 35.5. The number of aromatic nitrogens is 2.